The molecule has 0 aliphatic heterocycles. The van der Waals surface area contributed by atoms with E-state index in [1.54, 1.807) is 0 Å². The van der Waals surface area contributed by atoms with E-state index in [2.05, 4.69) is 26.0 Å². The minimum absolute atomic E-state index is 0.141. The molecule has 1 aliphatic rings. The van der Waals surface area contributed by atoms with Crippen LogP contribution in [0.15, 0.2) is 24.3 Å². The van der Waals surface area contributed by atoms with E-state index in [1.165, 1.54) is 5.56 Å². The van der Waals surface area contributed by atoms with Gasteiger partial charge in [-0.05, 0) is 36.5 Å². The van der Waals surface area contributed by atoms with Gasteiger partial charge in [-0.1, -0.05) is 26.0 Å². The molecule has 1 saturated carbocycles. The summed E-state index contributed by atoms with van der Waals surface area (Å²) in [5.74, 6) is 1.73. The van der Waals surface area contributed by atoms with Crippen molar-refractivity contribution in [3.63, 3.8) is 0 Å². The minimum atomic E-state index is 0.141. The Kier molecular flexibility index (Phi) is 3.60. The molecule has 0 amide bonds. The van der Waals surface area contributed by atoms with E-state index in [1.807, 2.05) is 12.1 Å². The van der Waals surface area contributed by atoms with Gasteiger partial charge in [-0.3, -0.25) is 5.41 Å². The highest BCUT2D eigenvalue weighted by Gasteiger charge is 2.43. The molecular weight excluding hydrogens is 224 g/mol. The van der Waals surface area contributed by atoms with Crippen LogP contribution in [0.25, 0.3) is 0 Å². The molecule has 0 unspecified atom stereocenters. The summed E-state index contributed by atoms with van der Waals surface area (Å²) in [5, 5.41) is 7.37. The highest BCUT2D eigenvalue weighted by Crippen LogP contribution is 2.48. The van der Waals surface area contributed by atoms with Crippen LogP contribution in [0, 0.1) is 10.8 Å². The van der Waals surface area contributed by atoms with E-state index in [0.717, 1.165) is 18.6 Å². The van der Waals surface area contributed by atoms with Crippen molar-refractivity contribution in [1.29, 1.82) is 5.41 Å². The van der Waals surface area contributed by atoms with Crippen molar-refractivity contribution >= 4 is 5.84 Å². The molecule has 3 nitrogen and oxygen atoms in total. The summed E-state index contributed by atoms with van der Waals surface area (Å²) in [5.41, 5.74) is 6.94. The predicted molar refractivity (Wildman–Crippen MR) is 74.2 cm³/mol. The van der Waals surface area contributed by atoms with Gasteiger partial charge in [0.25, 0.3) is 0 Å². The Morgan fingerprint density at radius 1 is 1.33 bits per heavy atom. The smallest absolute Gasteiger partial charge is 0.119 e. The molecule has 1 aromatic carbocycles. The third kappa shape index (κ3) is 3.25. The molecule has 1 aliphatic carbocycles. The van der Waals surface area contributed by atoms with Crippen LogP contribution in [0.1, 0.15) is 44.6 Å². The second kappa shape index (κ2) is 5.01. The molecule has 0 saturated heterocycles. The Morgan fingerprint density at radius 3 is 2.39 bits per heavy atom. The molecule has 0 bridgehead atoms. The standard InChI is InChI=1S/C15H22N2O/c1-11(2)12-3-5-13(6-4-12)18-10-15(7-8-15)9-14(16)17/h3-6,11H,7-10H2,1-2H3,(H3,16,17). The lowest BCUT2D eigenvalue weighted by atomic mass is 10.0. The molecule has 18 heavy (non-hydrogen) atoms. The number of rotatable bonds is 6. The number of benzene rings is 1. The molecule has 3 heteroatoms. The van der Waals surface area contributed by atoms with Crippen molar-refractivity contribution < 1.29 is 4.74 Å². The van der Waals surface area contributed by atoms with Crippen molar-refractivity contribution in [1.82, 2.24) is 0 Å². The van der Waals surface area contributed by atoms with Gasteiger partial charge in [0.2, 0.25) is 0 Å². The van der Waals surface area contributed by atoms with Gasteiger partial charge in [-0.15, -0.1) is 0 Å². The third-order valence-electron chi connectivity index (χ3n) is 3.61. The average molecular weight is 246 g/mol. The number of hydrogen-bond donors (Lipinski definition) is 2. The van der Waals surface area contributed by atoms with E-state index < -0.39 is 0 Å². The molecule has 0 radical (unpaired) electrons. The summed E-state index contributed by atoms with van der Waals surface area (Å²) in [6.45, 7) is 5.04. The Hall–Kier alpha value is -1.51. The number of hydrogen-bond acceptors (Lipinski definition) is 2. The van der Waals surface area contributed by atoms with Gasteiger partial charge in [0.15, 0.2) is 0 Å². The number of nitrogens with two attached hydrogens (primary N) is 1. The Labute approximate surface area is 109 Å². The fourth-order valence-corrected chi connectivity index (χ4v) is 2.14. The number of amidine groups is 1. The zero-order valence-electron chi connectivity index (χ0n) is 11.2. The van der Waals surface area contributed by atoms with E-state index in [4.69, 9.17) is 15.9 Å². The SMILES string of the molecule is CC(C)c1ccc(OCC2(CC(=N)N)CC2)cc1. The molecular formula is C15H22N2O. The first-order chi connectivity index (χ1) is 8.51. The van der Waals surface area contributed by atoms with Gasteiger partial charge in [-0.25, -0.2) is 0 Å². The van der Waals surface area contributed by atoms with Crippen LogP contribution in [0.5, 0.6) is 5.75 Å². The van der Waals surface area contributed by atoms with Gasteiger partial charge >= 0.3 is 0 Å². The van der Waals surface area contributed by atoms with Gasteiger partial charge in [0.1, 0.15) is 5.75 Å². The second-order valence-electron chi connectivity index (χ2n) is 5.71. The molecule has 98 valence electrons. The molecule has 0 aromatic heterocycles. The summed E-state index contributed by atoms with van der Waals surface area (Å²) < 4.78 is 5.82. The van der Waals surface area contributed by atoms with Crippen molar-refractivity contribution in [3.8, 4) is 5.75 Å². The second-order valence-corrected chi connectivity index (χ2v) is 5.71. The fraction of sp³-hybridized carbons (Fsp3) is 0.533. The highest BCUT2D eigenvalue weighted by atomic mass is 16.5. The van der Waals surface area contributed by atoms with Gasteiger partial charge < -0.3 is 10.5 Å². The molecule has 1 aromatic rings. The Bertz CT molecular complexity index is 419. The summed E-state index contributed by atoms with van der Waals surface area (Å²) >= 11 is 0. The topological polar surface area (TPSA) is 59.1 Å². The molecule has 3 N–H and O–H groups in total. The van der Waals surface area contributed by atoms with E-state index in [-0.39, 0.29) is 11.3 Å². The molecule has 2 rings (SSSR count). The highest BCUT2D eigenvalue weighted by molar-refractivity contribution is 5.78. The lowest BCUT2D eigenvalue weighted by Gasteiger charge is -2.16. The Morgan fingerprint density at radius 2 is 1.94 bits per heavy atom. The monoisotopic (exact) mass is 246 g/mol. The van der Waals surface area contributed by atoms with Crippen LogP contribution >= 0.6 is 0 Å². The summed E-state index contributed by atoms with van der Waals surface area (Å²) in [4.78, 5) is 0. The summed E-state index contributed by atoms with van der Waals surface area (Å²) in [6.07, 6.45) is 2.91. The summed E-state index contributed by atoms with van der Waals surface area (Å²) in [7, 11) is 0. The third-order valence-corrected chi connectivity index (χ3v) is 3.61. The average Bonchev–Trinajstić information content (AvgIpc) is 3.06. The van der Waals surface area contributed by atoms with Crippen LogP contribution in [0.3, 0.4) is 0 Å². The number of ether oxygens (including phenoxy) is 1. The molecule has 0 heterocycles. The van der Waals surface area contributed by atoms with E-state index in [9.17, 15) is 0 Å². The first-order valence-electron chi connectivity index (χ1n) is 6.56. The first kappa shape index (κ1) is 12.9. The maximum absolute atomic E-state index is 7.37. The minimum Gasteiger partial charge on any atom is -0.493 e. The Balaban J connectivity index is 1.89. The van der Waals surface area contributed by atoms with Crippen LogP contribution in [0.2, 0.25) is 0 Å². The zero-order chi connectivity index (χ0) is 13.2. The normalized spacial score (nSPS) is 16.6. The van der Waals surface area contributed by atoms with E-state index >= 15 is 0 Å². The quantitative estimate of drug-likeness (QED) is 0.597. The maximum atomic E-state index is 7.37. The van der Waals surface area contributed by atoms with Gasteiger partial charge in [0, 0.05) is 11.8 Å². The van der Waals surface area contributed by atoms with Crippen LogP contribution in [-0.2, 0) is 0 Å². The zero-order valence-corrected chi connectivity index (χ0v) is 11.2. The maximum Gasteiger partial charge on any atom is 0.119 e. The van der Waals surface area contributed by atoms with E-state index in [0.29, 0.717) is 18.9 Å². The lowest BCUT2D eigenvalue weighted by molar-refractivity contribution is 0.238. The molecule has 0 atom stereocenters. The van der Waals surface area contributed by atoms with Crippen molar-refractivity contribution in [3.05, 3.63) is 29.8 Å². The first-order valence-corrected chi connectivity index (χ1v) is 6.56. The van der Waals surface area contributed by atoms with Crippen molar-refractivity contribution in [2.75, 3.05) is 6.61 Å². The largest absolute Gasteiger partial charge is 0.493 e. The van der Waals surface area contributed by atoms with Crippen LogP contribution < -0.4 is 10.5 Å². The fourth-order valence-electron chi connectivity index (χ4n) is 2.14. The lowest BCUT2D eigenvalue weighted by Crippen LogP contribution is -2.21. The van der Waals surface area contributed by atoms with Crippen molar-refractivity contribution in [2.24, 2.45) is 11.1 Å². The predicted octanol–water partition coefficient (Wildman–Crippen LogP) is 3.30. The van der Waals surface area contributed by atoms with Gasteiger partial charge in [-0.2, -0.15) is 0 Å². The van der Waals surface area contributed by atoms with Gasteiger partial charge in [0.05, 0.1) is 12.4 Å². The molecule has 1 fully saturated rings. The number of nitrogens with one attached hydrogen (secondary N) is 1. The van der Waals surface area contributed by atoms with Crippen LogP contribution in [-0.4, -0.2) is 12.4 Å². The molecule has 0 spiro atoms. The van der Waals surface area contributed by atoms with Crippen molar-refractivity contribution in [2.45, 2.75) is 39.0 Å². The van der Waals surface area contributed by atoms with Crippen LogP contribution in [0.4, 0.5) is 0 Å². The summed E-state index contributed by atoms with van der Waals surface area (Å²) in [6, 6.07) is 8.29.